The van der Waals surface area contributed by atoms with E-state index in [1.807, 2.05) is 0 Å². The normalized spacial score (nSPS) is 10.4. The third-order valence-electron chi connectivity index (χ3n) is 1.80. The van der Waals surface area contributed by atoms with Crippen LogP contribution in [-0.4, -0.2) is 15.1 Å². The Bertz CT molecular complexity index is 560. The second kappa shape index (κ2) is 4.44. The molecule has 0 unspecified atom stereocenters. The average molecular weight is 321 g/mol. The van der Waals surface area contributed by atoms with E-state index in [9.17, 15) is 10.1 Å². The highest BCUT2D eigenvalue weighted by Crippen LogP contribution is 2.38. The summed E-state index contributed by atoms with van der Waals surface area (Å²) < 4.78 is 0.553. The standard InChI is InChI=1S/C8H3BrClN3O2S/c9-8-12-11-7(16-8)6-4(10)2-1-3-5(6)13(14)15/h1-3H. The topological polar surface area (TPSA) is 68.9 Å². The van der Waals surface area contributed by atoms with Crippen LogP contribution in [0.25, 0.3) is 10.6 Å². The van der Waals surface area contributed by atoms with E-state index in [0.29, 0.717) is 14.5 Å². The van der Waals surface area contributed by atoms with Gasteiger partial charge in [0.2, 0.25) is 0 Å². The number of nitro benzene ring substituents is 1. The predicted molar refractivity (Wildman–Crippen MR) is 64.7 cm³/mol. The van der Waals surface area contributed by atoms with Crippen LogP contribution in [0.4, 0.5) is 5.69 Å². The largest absolute Gasteiger partial charge is 0.281 e. The van der Waals surface area contributed by atoms with Gasteiger partial charge in [0.25, 0.3) is 5.69 Å². The van der Waals surface area contributed by atoms with Crippen LogP contribution in [0.1, 0.15) is 0 Å². The fraction of sp³-hybridized carbons (Fsp3) is 0. The second-order valence-corrected chi connectivity index (χ2v) is 5.41. The van der Waals surface area contributed by atoms with Gasteiger partial charge in [-0.15, -0.1) is 10.2 Å². The van der Waals surface area contributed by atoms with E-state index in [1.165, 1.54) is 23.5 Å². The van der Waals surface area contributed by atoms with E-state index in [2.05, 4.69) is 26.1 Å². The molecule has 1 aromatic heterocycles. The Labute approximate surface area is 107 Å². The highest BCUT2D eigenvalue weighted by atomic mass is 79.9. The van der Waals surface area contributed by atoms with Gasteiger partial charge >= 0.3 is 0 Å². The van der Waals surface area contributed by atoms with Gasteiger partial charge in [-0.25, -0.2) is 0 Å². The van der Waals surface area contributed by atoms with Crippen molar-refractivity contribution in [3.05, 3.63) is 37.3 Å². The van der Waals surface area contributed by atoms with Crippen molar-refractivity contribution < 1.29 is 4.92 Å². The maximum atomic E-state index is 10.8. The molecule has 0 spiro atoms. The first-order valence-corrected chi connectivity index (χ1v) is 6.00. The molecule has 0 aliphatic heterocycles. The first-order valence-electron chi connectivity index (χ1n) is 4.02. The van der Waals surface area contributed by atoms with E-state index >= 15 is 0 Å². The molecule has 1 heterocycles. The summed E-state index contributed by atoms with van der Waals surface area (Å²) in [5.74, 6) is 0. The number of halogens is 2. The molecule has 16 heavy (non-hydrogen) atoms. The number of aromatic nitrogens is 2. The number of nitro groups is 1. The molecular weight excluding hydrogens is 318 g/mol. The number of nitrogens with zero attached hydrogens (tertiary/aromatic N) is 3. The SMILES string of the molecule is O=[N+]([O-])c1cccc(Cl)c1-c1nnc(Br)s1. The van der Waals surface area contributed by atoms with Gasteiger partial charge in [0.1, 0.15) is 5.56 Å². The van der Waals surface area contributed by atoms with Crippen molar-refractivity contribution in [1.82, 2.24) is 10.2 Å². The molecule has 82 valence electrons. The maximum absolute atomic E-state index is 10.8. The predicted octanol–water partition coefficient (Wildman–Crippen LogP) is 3.53. The molecular formula is C8H3BrClN3O2S. The van der Waals surface area contributed by atoms with Crippen molar-refractivity contribution in [2.24, 2.45) is 0 Å². The molecule has 0 saturated carbocycles. The lowest BCUT2D eigenvalue weighted by atomic mass is 10.2. The maximum Gasteiger partial charge on any atom is 0.281 e. The molecule has 2 rings (SSSR count). The first-order chi connectivity index (χ1) is 7.59. The molecule has 0 aliphatic rings. The van der Waals surface area contributed by atoms with Crippen molar-refractivity contribution in [3.8, 4) is 10.6 Å². The van der Waals surface area contributed by atoms with E-state index in [4.69, 9.17) is 11.6 Å². The Morgan fingerprint density at radius 3 is 2.75 bits per heavy atom. The molecule has 0 radical (unpaired) electrons. The van der Waals surface area contributed by atoms with Crippen LogP contribution in [-0.2, 0) is 0 Å². The zero-order chi connectivity index (χ0) is 11.7. The van der Waals surface area contributed by atoms with Gasteiger partial charge in [-0.2, -0.15) is 0 Å². The van der Waals surface area contributed by atoms with Gasteiger partial charge in [-0.1, -0.05) is 29.0 Å². The van der Waals surface area contributed by atoms with Crippen molar-refractivity contribution in [2.45, 2.75) is 0 Å². The second-order valence-electron chi connectivity index (χ2n) is 2.75. The summed E-state index contributed by atoms with van der Waals surface area (Å²) in [7, 11) is 0. The summed E-state index contributed by atoms with van der Waals surface area (Å²) in [6.07, 6.45) is 0. The molecule has 0 amide bonds. The van der Waals surface area contributed by atoms with Crippen molar-refractivity contribution >= 4 is 44.6 Å². The average Bonchev–Trinajstić information content (AvgIpc) is 2.64. The Hall–Kier alpha value is -1.05. The molecule has 0 saturated heterocycles. The van der Waals surface area contributed by atoms with Crippen molar-refractivity contribution in [3.63, 3.8) is 0 Å². The third kappa shape index (κ3) is 2.06. The molecule has 8 heteroatoms. The first kappa shape index (κ1) is 11.4. The molecule has 0 bridgehead atoms. The molecule has 0 atom stereocenters. The summed E-state index contributed by atoms with van der Waals surface area (Å²) in [4.78, 5) is 10.4. The minimum Gasteiger partial charge on any atom is -0.258 e. The summed E-state index contributed by atoms with van der Waals surface area (Å²) in [5, 5.41) is 19.1. The zero-order valence-corrected chi connectivity index (χ0v) is 10.7. The van der Waals surface area contributed by atoms with E-state index < -0.39 is 4.92 Å². The van der Waals surface area contributed by atoms with Crippen LogP contribution >= 0.6 is 38.9 Å². The summed E-state index contributed by atoms with van der Waals surface area (Å²) in [6.45, 7) is 0. The van der Waals surface area contributed by atoms with E-state index in [0.717, 1.165) is 0 Å². The number of hydrogen-bond donors (Lipinski definition) is 0. The van der Waals surface area contributed by atoms with Gasteiger partial charge < -0.3 is 0 Å². The molecule has 2 aromatic rings. The Balaban J connectivity index is 2.67. The van der Waals surface area contributed by atoms with Gasteiger partial charge in [-0.05, 0) is 22.0 Å². The fourth-order valence-corrected chi connectivity index (χ4v) is 2.68. The molecule has 0 fully saturated rings. The summed E-state index contributed by atoms with van der Waals surface area (Å²) in [6, 6.07) is 4.50. The fourth-order valence-electron chi connectivity index (χ4n) is 1.18. The van der Waals surface area contributed by atoms with Gasteiger partial charge in [0.15, 0.2) is 8.92 Å². The summed E-state index contributed by atoms with van der Waals surface area (Å²) in [5.41, 5.74) is 0.230. The number of rotatable bonds is 2. The Kier molecular flexibility index (Phi) is 3.17. The van der Waals surface area contributed by atoms with Gasteiger partial charge in [-0.3, -0.25) is 10.1 Å². The Morgan fingerprint density at radius 2 is 2.19 bits per heavy atom. The molecule has 0 aliphatic carbocycles. The smallest absolute Gasteiger partial charge is 0.258 e. The molecule has 5 nitrogen and oxygen atoms in total. The highest BCUT2D eigenvalue weighted by molar-refractivity contribution is 9.11. The lowest BCUT2D eigenvalue weighted by Crippen LogP contribution is -1.92. The van der Waals surface area contributed by atoms with E-state index in [-0.39, 0.29) is 10.7 Å². The molecule has 0 N–H and O–H groups in total. The minimum atomic E-state index is -0.490. The number of hydrogen-bond acceptors (Lipinski definition) is 5. The van der Waals surface area contributed by atoms with Crippen molar-refractivity contribution in [2.75, 3.05) is 0 Å². The van der Waals surface area contributed by atoms with Crippen LogP contribution in [0, 0.1) is 10.1 Å². The minimum absolute atomic E-state index is 0.0730. The lowest BCUT2D eigenvalue weighted by molar-refractivity contribution is -0.384. The van der Waals surface area contributed by atoms with E-state index in [1.54, 1.807) is 6.07 Å². The highest BCUT2D eigenvalue weighted by Gasteiger charge is 2.21. The summed E-state index contributed by atoms with van der Waals surface area (Å²) >= 11 is 10.3. The van der Waals surface area contributed by atoms with Gasteiger partial charge in [0.05, 0.1) is 9.95 Å². The van der Waals surface area contributed by atoms with Crippen LogP contribution in [0.3, 0.4) is 0 Å². The van der Waals surface area contributed by atoms with Crippen molar-refractivity contribution in [1.29, 1.82) is 0 Å². The molecule has 1 aromatic carbocycles. The van der Waals surface area contributed by atoms with Gasteiger partial charge in [0, 0.05) is 6.07 Å². The van der Waals surface area contributed by atoms with Crippen LogP contribution in [0.2, 0.25) is 5.02 Å². The number of benzene rings is 1. The quantitative estimate of drug-likeness (QED) is 0.627. The van der Waals surface area contributed by atoms with Crippen LogP contribution in [0.15, 0.2) is 22.1 Å². The van der Waals surface area contributed by atoms with Crippen LogP contribution in [0.5, 0.6) is 0 Å². The van der Waals surface area contributed by atoms with Crippen LogP contribution < -0.4 is 0 Å². The Morgan fingerprint density at radius 1 is 1.44 bits per heavy atom. The monoisotopic (exact) mass is 319 g/mol. The zero-order valence-electron chi connectivity index (χ0n) is 7.55. The lowest BCUT2D eigenvalue weighted by Gasteiger charge is -2.00. The third-order valence-corrected chi connectivity index (χ3v) is 3.49.